The van der Waals surface area contributed by atoms with Crippen LogP contribution in [-0.4, -0.2) is 4.57 Å². The molecule has 1 heterocycles. The molecule has 5 aromatic rings. The first-order valence-corrected chi connectivity index (χ1v) is 7.79. The zero-order valence-electron chi connectivity index (χ0n) is 13.3. The Kier molecular flexibility index (Phi) is 5.28. The molecule has 114 valence electrons. The molecule has 1 nitrogen and oxygen atoms in total. The number of nitrogens with zero attached hydrogens (tertiary/aromatic N) is 1. The van der Waals surface area contributed by atoms with Crippen LogP contribution in [0, 0.1) is 0 Å². The first kappa shape index (κ1) is 16.7. The monoisotopic (exact) mass is 385 g/mol. The number of hydrogen-bond donors (Lipinski definition) is 0. The Balaban J connectivity index is 0.000000147. The fourth-order valence-corrected chi connectivity index (χ4v) is 2.86. The molecular weight excluding hydrogens is 369 g/mol. The first-order valence-electron chi connectivity index (χ1n) is 7.79. The summed E-state index contributed by atoms with van der Waals surface area (Å²) in [6, 6.07) is 31.6. The van der Waals surface area contributed by atoms with Crippen LogP contribution in [0.1, 0.15) is 0 Å². The number of rotatable bonds is 1. The van der Waals surface area contributed by atoms with E-state index in [9.17, 15) is 0 Å². The van der Waals surface area contributed by atoms with Gasteiger partial charge in [0, 0.05) is 12.4 Å². The van der Waals surface area contributed by atoms with Gasteiger partial charge in [0.2, 0.25) is 0 Å². The van der Waals surface area contributed by atoms with E-state index in [1.807, 2.05) is 12.1 Å². The van der Waals surface area contributed by atoms with Crippen LogP contribution in [-0.2, 0) is 26.2 Å². The Morgan fingerprint density at radius 2 is 1.33 bits per heavy atom. The Morgan fingerprint density at radius 3 is 2.04 bits per heavy atom. The minimum absolute atomic E-state index is 0. The summed E-state index contributed by atoms with van der Waals surface area (Å²) < 4.78 is 2.12. The van der Waals surface area contributed by atoms with Crippen molar-refractivity contribution in [3.05, 3.63) is 103 Å². The van der Waals surface area contributed by atoms with Gasteiger partial charge in [-0.15, -0.1) is 70.8 Å². The molecule has 0 aliphatic carbocycles. The van der Waals surface area contributed by atoms with Crippen molar-refractivity contribution in [2.45, 2.75) is 0 Å². The van der Waals surface area contributed by atoms with Crippen LogP contribution in [0.3, 0.4) is 0 Å². The zero-order valence-corrected chi connectivity index (χ0v) is 15.7. The van der Waals surface area contributed by atoms with Gasteiger partial charge in [0.1, 0.15) is 0 Å². The Bertz CT molecular complexity index is 955. The third kappa shape index (κ3) is 3.50. The van der Waals surface area contributed by atoms with Crippen molar-refractivity contribution in [3.8, 4) is 5.69 Å². The predicted molar refractivity (Wildman–Crippen MR) is 98.4 cm³/mol. The molecule has 1 aromatic heterocycles. The van der Waals surface area contributed by atoms with E-state index in [4.69, 9.17) is 0 Å². The topological polar surface area (TPSA) is 4.93 Å². The van der Waals surface area contributed by atoms with Gasteiger partial charge in [0.05, 0.1) is 0 Å². The minimum Gasteiger partial charge on any atom is -0.342 e. The van der Waals surface area contributed by atoms with E-state index in [1.54, 1.807) is 0 Å². The minimum atomic E-state index is 0. The van der Waals surface area contributed by atoms with Gasteiger partial charge in [-0.05, 0) is 17.8 Å². The fourth-order valence-electron chi connectivity index (χ4n) is 2.86. The van der Waals surface area contributed by atoms with Crippen LogP contribution in [0.4, 0.5) is 0 Å². The molecule has 4 aromatic carbocycles. The molecule has 0 saturated carbocycles. The normalized spacial score (nSPS) is 10.2. The molecule has 0 aliphatic heterocycles. The second kappa shape index (κ2) is 7.60. The Hall–Kier alpha value is -2.18. The summed E-state index contributed by atoms with van der Waals surface area (Å²) in [4.78, 5) is 0. The number of benzene rings is 2. The molecule has 2 heteroatoms. The maximum absolute atomic E-state index is 2.20. The number of fused-ring (bicyclic) bond motifs is 2. The van der Waals surface area contributed by atoms with Crippen molar-refractivity contribution in [2.24, 2.45) is 0 Å². The van der Waals surface area contributed by atoms with Crippen LogP contribution < -0.4 is 0 Å². The summed E-state index contributed by atoms with van der Waals surface area (Å²) in [7, 11) is 0. The number of hydrogen-bond acceptors (Lipinski definition) is 0. The molecule has 0 atom stereocenters. The van der Waals surface area contributed by atoms with Crippen molar-refractivity contribution in [2.75, 3.05) is 0 Å². The zero-order chi connectivity index (χ0) is 15.5. The molecule has 24 heavy (non-hydrogen) atoms. The molecule has 0 fully saturated rings. The van der Waals surface area contributed by atoms with Crippen LogP contribution in [0.2, 0.25) is 0 Å². The van der Waals surface area contributed by atoms with E-state index < -0.39 is 0 Å². The van der Waals surface area contributed by atoms with E-state index in [1.165, 1.54) is 27.2 Å². The molecule has 0 bridgehead atoms. The van der Waals surface area contributed by atoms with Gasteiger partial charge in [-0.1, -0.05) is 12.1 Å². The third-order valence-electron chi connectivity index (χ3n) is 4.05. The van der Waals surface area contributed by atoms with Crippen LogP contribution in [0.5, 0.6) is 0 Å². The van der Waals surface area contributed by atoms with E-state index in [0.29, 0.717) is 0 Å². The van der Waals surface area contributed by atoms with Gasteiger partial charge < -0.3 is 4.57 Å². The largest absolute Gasteiger partial charge is 2.00 e. The maximum atomic E-state index is 2.20. The summed E-state index contributed by atoms with van der Waals surface area (Å²) in [6.07, 6.45) is 4.13. The van der Waals surface area contributed by atoms with Crippen molar-refractivity contribution in [1.29, 1.82) is 0 Å². The summed E-state index contributed by atoms with van der Waals surface area (Å²) in [5, 5.41) is 5.27. The average Bonchev–Trinajstić information content (AvgIpc) is 3.33. The second-order valence-electron chi connectivity index (χ2n) is 5.59. The average molecular weight is 387 g/mol. The standard InChI is InChI=1S/C13H10N.C9H7.Zr/c1-2-6-12-10-13(9-11(12)5-1)14-7-3-4-8-14;1-2-5-9-7-3-6-8(9)4-1;/h1-10H;1-7H;/q2*-1;+2. The van der Waals surface area contributed by atoms with Crippen LogP contribution in [0.15, 0.2) is 103 Å². The van der Waals surface area contributed by atoms with Crippen LogP contribution in [0.25, 0.3) is 27.2 Å². The summed E-state index contributed by atoms with van der Waals surface area (Å²) >= 11 is 0. The third-order valence-corrected chi connectivity index (χ3v) is 4.05. The maximum Gasteiger partial charge on any atom is 2.00 e. The van der Waals surface area contributed by atoms with Gasteiger partial charge in [0.25, 0.3) is 0 Å². The molecular formula is C22H17NZr. The summed E-state index contributed by atoms with van der Waals surface area (Å²) in [5.41, 5.74) is 1.23. The SMILES string of the molecule is [Zr+2].c1ccc2[cH-]c(-n3cccc3)cc2c1.c1ccc2[cH-]ccc2c1. The predicted octanol–water partition coefficient (Wildman–Crippen LogP) is 5.91. The van der Waals surface area contributed by atoms with Gasteiger partial charge in [-0.3, -0.25) is 0 Å². The van der Waals surface area contributed by atoms with E-state index in [2.05, 4.69) is 95.8 Å². The molecule has 0 spiro atoms. The molecule has 0 unspecified atom stereocenters. The summed E-state index contributed by atoms with van der Waals surface area (Å²) in [6.45, 7) is 0. The van der Waals surface area contributed by atoms with Crippen molar-refractivity contribution < 1.29 is 26.2 Å². The molecule has 0 saturated heterocycles. The smallest absolute Gasteiger partial charge is 0.342 e. The quantitative estimate of drug-likeness (QED) is 0.316. The second-order valence-corrected chi connectivity index (χ2v) is 5.59. The van der Waals surface area contributed by atoms with Gasteiger partial charge >= 0.3 is 26.2 Å². The van der Waals surface area contributed by atoms with Gasteiger partial charge in [-0.25, -0.2) is 0 Å². The molecule has 5 rings (SSSR count). The van der Waals surface area contributed by atoms with Crippen molar-refractivity contribution in [3.63, 3.8) is 0 Å². The van der Waals surface area contributed by atoms with Gasteiger partial charge in [-0.2, -0.15) is 17.5 Å². The molecule has 0 amide bonds. The number of aromatic nitrogens is 1. The van der Waals surface area contributed by atoms with Crippen molar-refractivity contribution >= 4 is 21.5 Å². The first-order chi connectivity index (χ1) is 11.4. The van der Waals surface area contributed by atoms with Crippen molar-refractivity contribution in [1.82, 2.24) is 4.57 Å². The fraction of sp³-hybridized carbons (Fsp3) is 0. The van der Waals surface area contributed by atoms with E-state index in [0.717, 1.165) is 0 Å². The Labute approximate surface area is 161 Å². The van der Waals surface area contributed by atoms with E-state index in [-0.39, 0.29) is 26.2 Å². The molecule has 0 aliphatic rings. The Morgan fingerprint density at radius 1 is 0.667 bits per heavy atom. The van der Waals surface area contributed by atoms with Gasteiger partial charge in [0.15, 0.2) is 0 Å². The molecule has 0 radical (unpaired) electrons. The molecule has 0 N–H and O–H groups in total. The van der Waals surface area contributed by atoms with Crippen LogP contribution >= 0.6 is 0 Å². The summed E-state index contributed by atoms with van der Waals surface area (Å²) in [5.74, 6) is 0. The van der Waals surface area contributed by atoms with E-state index >= 15 is 0 Å².